The van der Waals surface area contributed by atoms with Gasteiger partial charge in [0.15, 0.2) is 0 Å². The van der Waals surface area contributed by atoms with Gasteiger partial charge in [-0.05, 0) is 23.6 Å². The number of ether oxygens (including phenoxy) is 1. The lowest BCUT2D eigenvalue weighted by atomic mass is 9.86. The number of rotatable bonds is 3. The molecule has 0 unspecified atom stereocenters. The number of hydrogen-bond donors (Lipinski definition) is 0. The van der Waals surface area contributed by atoms with E-state index in [0.717, 1.165) is 5.56 Å². The van der Waals surface area contributed by atoms with Gasteiger partial charge in [0.25, 0.3) is 9.05 Å². The Labute approximate surface area is 129 Å². The molecule has 0 saturated heterocycles. The molecule has 21 heavy (non-hydrogen) atoms. The fraction of sp³-hybridized carbons (Fsp3) is 0.267. The molecule has 0 N–H and O–H groups in total. The molecule has 0 aliphatic carbocycles. The first-order chi connectivity index (χ1) is 9.69. The van der Waals surface area contributed by atoms with E-state index in [0.29, 0.717) is 5.75 Å². The number of aromatic nitrogens is 1. The third-order valence-corrected chi connectivity index (χ3v) is 4.24. The van der Waals surface area contributed by atoms with Gasteiger partial charge in [0, 0.05) is 22.4 Å². The third kappa shape index (κ3) is 3.74. The lowest BCUT2D eigenvalue weighted by molar-refractivity contribution is 0.428. The maximum atomic E-state index is 11.6. The Morgan fingerprint density at radius 1 is 1.10 bits per heavy atom. The lowest BCUT2D eigenvalue weighted by Gasteiger charge is -2.22. The molecule has 0 radical (unpaired) electrons. The van der Waals surface area contributed by atoms with E-state index in [2.05, 4.69) is 4.98 Å². The minimum Gasteiger partial charge on any atom is -0.437 e. The summed E-state index contributed by atoms with van der Waals surface area (Å²) in [5, 5.41) is 0. The maximum absolute atomic E-state index is 11.6. The summed E-state index contributed by atoms with van der Waals surface area (Å²) in [6.07, 6.45) is 1.46. The molecule has 2 aromatic rings. The smallest absolute Gasteiger partial charge is 0.266 e. The summed E-state index contributed by atoms with van der Waals surface area (Å²) in [5.74, 6) is 0.537. The summed E-state index contributed by atoms with van der Waals surface area (Å²) >= 11 is 0. The van der Waals surface area contributed by atoms with Gasteiger partial charge in [-0.3, -0.25) is 0 Å². The molecule has 0 atom stereocenters. The quantitative estimate of drug-likeness (QED) is 0.797. The van der Waals surface area contributed by atoms with Gasteiger partial charge in [-0.15, -0.1) is 0 Å². The van der Waals surface area contributed by atoms with Gasteiger partial charge in [0.1, 0.15) is 10.6 Å². The maximum Gasteiger partial charge on any atom is 0.266 e. The number of benzene rings is 1. The molecule has 0 aliphatic heterocycles. The second kappa shape index (κ2) is 5.66. The lowest BCUT2D eigenvalue weighted by Crippen LogP contribution is -2.12. The van der Waals surface area contributed by atoms with Crippen LogP contribution < -0.4 is 4.74 Å². The van der Waals surface area contributed by atoms with E-state index in [1.54, 1.807) is 6.07 Å². The highest BCUT2D eigenvalue weighted by atomic mass is 35.7. The van der Waals surface area contributed by atoms with Gasteiger partial charge in [0.2, 0.25) is 5.88 Å². The van der Waals surface area contributed by atoms with Crippen LogP contribution >= 0.6 is 10.7 Å². The van der Waals surface area contributed by atoms with Crippen LogP contribution in [0.25, 0.3) is 0 Å². The first-order valence-electron chi connectivity index (χ1n) is 6.36. The Morgan fingerprint density at radius 3 is 2.38 bits per heavy atom. The zero-order chi connectivity index (χ0) is 15.7. The molecular weight excluding hydrogens is 310 g/mol. The van der Waals surface area contributed by atoms with Crippen LogP contribution in [0, 0.1) is 0 Å². The van der Waals surface area contributed by atoms with E-state index in [4.69, 9.17) is 15.4 Å². The average molecular weight is 326 g/mol. The fourth-order valence-electron chi connectivity index (χ4n) is 1.92. The van der Waals surface area contributed by atoms with Crippen LogP contribution in [0.3, 0.4) is 0 Å². The summed E-state index contributed by atoms with van der Waals surface area (Å²) in [4.78, 5) is 3.83. The number of nitrogens with zero attached hydrogens (tertiary/aromatic N) is 1. The molecular formula is C15H16ClNO3S. The Hall–Kier alpha value is -1.59. The Balaban J connectivity index is 2.50. The van der Waals surface area contributed by atoms with Gasteiger partial charge in [0.05, 0.1) is 0 Å². The van der Waals surface area contributed by atoms with Crippen LogP contribution in [0.1, 0.15) is 26.3 Å². The number of para-hydroxylation sites is 1. The SMILES string of the molecule is CC(C)(C)c1ccccc1Oc1ncccc1S(=O)(=O)Cl. The van der Waals surface area contributed by atoms with E-state index >= 15 is 0 Å². The van der Waals surface area contributed by atoms with E-state index < -0.39 is 9.05 Å². The van der Waals surface area contributed by atoms with Gasteiger partial charge in [-0.25, -0.2) is 13.4 Å². The molecule has 112 valence electrons. The van der Waals surface area contributed by atoms with Crippen molar-refractivity contribution in [3.63, 3.8) is 0 Å². The molecule has 0 fully saturated rings. The minimum atomic E-state index is -3.92. The molecule has 2 rings (SSSR count). The summed E-state index contributed by atoms with van der Waals surface area (Å²) in [6, 6.07) is 10.3. The van der Waals surface area contributed by atoms with E-state index in [1.165, 1.54) is 18.3 Å². The van der Waals surface area contributed by atoms with Gasteiger partial charge >= 0.3 is 0 Å². The molecule has 0 bridgehead atoms. The summed E-state index contributed by atoms with van der Waals surface area (Å²) < 4.78 is 28.9. The third-order valence-electron chi connectivity index (χ3n) is 2.90. The average Bonchev–Trinajstić information content (AvgIpc) is 2.37. The van der Waals surface area contributed by atoms with Crippen molar-refractivity contribution in [1.82, 2.24) is 4.98 Å². The van der Waals surface area contributed by atoms with E-state index in [1.807, 2.05) is 39.0 Å². The largest absolute Gasteiger partial charge is 0.437 e. The molecule has 1 aromatic carbocycles. The summed E-state index contributed by atoms with van der Waals surface area (Å²) in [6.45, 7) is 6.15. The number of hydrogen-bond acceptors (Lipinski definition) is 4. The highest BCUT2D eigenvalue weighted by Gasteiger charge is 2.22. The monoisotopic (exact) mass is 325 g/mol. The second-order valence-corrected chi connectivity index (χ2v) is 8.13. The zero-order valence-corrected chi connectivity index (χ0v) is 13.6. The van der Waals surface area contributed by atoms with Crippen LogP contribution in [0.15, 0.2) is 47.5 Å². The van der Waals surface area contributed by atoms with Crippen molar-refractivity contribution in [1.29, 1.82) is 0 Å². The molecule has 1 heterocycles. The molecule has 6 heteroatoms. The van der Waals surface area contributed by atoms with E-state index in [9.17, 15) is 8.42 Å². The predicted octanol–water partition coefficient (Wildman–Crippen LogP) is 4.10. The number of pyridine rings is 1. The molecule has 0 spiro atoms. The minimum absolute atomic E-state index is 0.0239. The van der Waals surface area contributed by atoms with E-state index in [-0.39, 0.29) is 16.2 Å². The topological polar surface area (TPSA) is 56.3 Å². The summed E-state index contributed by atoms with van der Waals surface area (Å²) in [7, 11) is 1.49. The van der Waals surface area contributed by atoms with Gasteiger partial charge < -0.3 is 4.74 Å². The molecule has 0 saturated carbocycles. The normalized spacial score (nSPS) is 12.2. The van der Waals surface area contributed by atoms with Crippen LogP contribution in [0.4, 0.5) is 0 Å². The Kier molecular flexibility index (Phi) is 4.25. The van der Waals surface area contributed by atoms with Crippen LogP contribution in [-0.2, 0) is 14.5 Å². The van der Waals surface area contributed by atoms with Crippen molar-refractivity contribution in [2.75, 3.05) is 0 Å². The van der Waals surface area contributed by atoms with Crippen molar-refractivity contribution in [3.05, 3.63) is 48.2 Å². The molecule has 1 aromatic heterocycles. The van der Waals surface area contributed by atoms with Crippen LogP contribution in [0.5, 0.6) is 11.6 Å². The predicted molar refractivity (Wildman–Crippen MR) is 82.5 cm³/mol. The first-order valence-corrected chi connectivity index (χ1v) is 8.67. The Morgan fingerprint density at radius 2 is 1.76 bits per heavy atom. The molecule has 4 nitrogen and oxygen atoms in total. The fourth-order valence-corrected chi connectivity index (χ4v) is 2.81. The molecule has 0 aliphatic rings. The second-order valence-electron chi connectivity index (χ2n) is 5.59. The van der Waals surface area contributed by atoms with Gasteiger partial charge in [-0.2, -0.15) is 0 Å². The van der Waals surface area contributed by atoms with Gasteiger partial charge in [-0.1, -0.05) is 39.0 Å². The number of halogens is 1. The van der Waals surface area contributed by atoms with Crippen molar-refractivity contribution < 1.29 is 13.2 Å². The highest BCUT2D eigenvalue weighted by molar-refractivity contribution is 8.13. The first kappa shape index (κ1) is 15.8. The van der Waals surface area contributed by atoms with Crippen molar-refractivity contribution in [3.8, 4) is 11.6 Å². The van der Waals surface area contributed by atoms with Crippen LogP contribution in [-0.4, -0.2) is 13.4 Å². The van der Waals surface area contributed by atoms with Crippen molar-refractivity contribution >= 4 is 19.7 Å². The van der Waals surface area contributed by atoms with Crippen molar-refractivity contribution in [2.45, 2.75) is 31.1 Å². The zero-order valence-electron chi connectivity index (χ0n) is 12.0. The van der Waals surface area contributed by atoms with Crippen molar-refractivity contribution in [2.24, 2.45) is 0 Å². The van der Waals surface area contributed by atoms with Crippen LogP contribution in [0.2, 0.25) is 0 Å². The molecule has 0 amide bonds. The Bertz CT molecular complexity index is 752. The standard InChI is InChI=1S/C15H16ClNO3S/c1-15(2,3)11-7-4-5-8-12(11)20-14-13(21(16,18)19)9-6-10-17-14/h4-10H,1-3H3. The highest BCUT2D eigenvalue weighted by Crippen LogP contribution is 2.35. The summed E-state index contributed by atoms with van der Waals surface area (Å²) in [5.41, 5.74) is 0.805.